The third kappa shape index (κ3) is 1.60. The van der Waals surface area contributed by atoms with E-state index in [0.717, 1.165) is 9.20 Å². The molecule has 0 bridgehead atoms. The predicted octanol–water partition coefficient (Wildman–Crippen LogP) is 1.61. The molecule has 1 N–H and O–H groups in total. The maximum Gasteiger partial charge on any atom is 0.361 e. The number of anilines is 1. The van der Waals surface area contributed by atoms with Crippen molar-refractivity contribution < 1.29 is 13.0 Å². The molecule has 14 heavy (non-hydrogen) atoms. The molecule has 1 aromatic rings. The van der Waals surface area contributed by atoms with Crippen LogP contribution in [0.4, 0.5) is 5.69 Å². The molecule has 1 aliphatic heterocycles. The van der Waals surface area contributed by atoms with Crippen LogP contribution >= 0.6 is 24.4 Å². The molecule has 0 radical (unpaired) electrons. The van der Waals surface area contributed by atoms with E-state index in [9.17, 15) is 8.42 Å². The van der Waals surface area contributed by atoms with Crippen LogP contribution in [0.3, 0.4) is 0 Å². The first-order valence-corrected chi connectivity index (χ1v) is 6.50. The standard InChI is InChI=1S/C7H7NO3S3/c9-14(10,11)8-5-3-1-2-4-6(5)13-7(8)12/h1-4,7,12H,(H,9,10,11). The Morgan fingerprint density at radius 3 is 2.71 bits per heavy atom. The summed E-state index contributed by atoms with van der Waals surface area (Å²) >= 11 is 5.35. The second-order valence-electron chi connectivity index (χ2n) is 2.69. The second kappa shape index (κ2) is 3.34. The van der Waals surface area contributed by atoms with Crippen molar-refractivity contribution >= 4 is 40.4 Å². The first-order valence-electron chi connectivity index (χ1n) is 3.71. The van der Waals surface area contributed by atoms with Crippen molar-refractivity contribution in [2.45, 2.75) is 9.60 Å². The molecular formula is C7H7NO3S3. The molecule has 0 spiro atoms. The zero-order valence-corrected chi connectivity index (χ0v) is 9.39. The number of benzene rings is 1. The van der Waals surface area contributed by atoms with Crippen LogP contribution in [0.15, 0.2) is 29.2 Å². The Balaban J connectivity index is 2.56. The molecule has 76 valence electrons. The van der Waals surface area contributed by atoms with Crippen molar-refractivity contribution in [3.8, 4) is 0 Å². The summed E-state index contributed by atoms with van der Waals surface area (Å²) in [5.74, 6) is 0. The van der Waals surface area contributed by atoms with Gasteiger partial charge in [-0.2, -0.15) is 8.42 Å². The van der Waals surface area contributed by atoms with E-state index in [2.05, 4.69) is 12.6 Å². The Hall–Kier alpha value is -0.370. The molecule has 0 fully saturated rings. The van der Waals surface area contributed by atoms with Gasteiger partial charge in [0.25, 0.3) is 0 Å². The summed E-state index contributed by atoms with van der Waals surface area (Å²) in [4.78, 5) is 0.796. The van der Waals surface area contributed by atoms with Gasteiger partial charge >= 0.3 is 10.3 Å². The fourth-order valence-corrected chi connectivity index (χ4v) is 4.11. The summed E-state index contributed by atoms with van der Waals surface area (Å²) in [6.45, 7) is 0. The van der Waals surface area contributed by atoms with Crippen LogP contribution in [0, 0.1) is 0 Å². The van der Waals surface area contributed by atoms with Crippen molar-refractivity contribution in [2.75, 3.05) is 4.31 Å². The first kappa shape index (κ1) is 10.2. The molecule has 2 rings (SSSR count). The van der Waals surface area contributed by atoms with Crippen LogP contribution in [-0.2, 0) is 10.3 Å². The zero-order chi connectivity index (χ0) is 10.3. The van der Waals surface area contributed by atoms with Gasteiger partial charge in [-0.25, -0.2) is 4.31 Å². The second-order valence-corrected chi connectivity index (χ2v) is 5.94. The molecule has 0 aliphatic carbocycles. The molecule has 1 aromatic carbocycles. The highest BCUT2D eigenvalue weighted by Crippen LogP contribution is 2.45. The van der Waals surface area contributed by atoms with Gasteiger partial charge in [-0.05, 0) is 12.1 Å². The highest BCUT2D eigenvalue weighted by atomic mass is 32.2. The summed E-state index contributed by atoms with van der Waals surface area (Å²) in [6, 6.07) is 6.93. The van der Waals surface area contributed by atoms with Crippen LogP contribution < -0.4 is 4.31 Å². The van der Waals surface area contributed by atoms with Gasteiger partial charge in [0.2, 0.25) is 0 Å². The molecule has 0 saturated carbocycles. The number of fused-ring (bicyclic) bond motifs is 1. The fourth-order valence-electron chi connectivity index (χ4n) is 1.26. The molecule has 4 nitrogen and oxygen atoms in total. The number of thiol groups is 1. The van der Waals surface area contributed by atoms with Crippen LogP contribution in [0.1, 0.15) is 0 Å². The van der Waals surface area contributed by atoms with E-state index in [1.54, 1.807) is 24.3 Å². The Kier molecular flexibility index (Phi) is 2.42. The van der Waals surface area contributed by atoms with Crippen molar-refractivity contribution in [3.05, 3.63) is 24.3 Å². The lowest BCUT2D eigenvalue weighted by molar-refractivity contribution is 0.480. The Morgan fingerprint density at radius 2 is 2.07 bits per heavy atom. The molecule has 7 heteroatoms. The largest absolute Gasteiger partial charge is 0.361 e. The van der Waals surface area contributed by atoms with Crippen LogP contribution in [0.5, 0.6) is 0 Å². The maximum atomic E-state index is 11.0. The lowest BCUT2D eigenvalue weighted by Gasteiger charge is -2.17. The number of thioether (sulfide) groups is 1. The maximum absolute atomic E-state index is 11.0. The van der Waals surface area contributed by atoms with Gasteiger partial charge in [-0.1, -0.05) is 23.9 Å². The fraction of sp³-hybridized carbons (Fsp3) is 0.143. The molecule has 0 saturated heterocycles. The van der Waals surface area contributed by atoms with Crippen molar-refractivity contribution in [2.24, 2.45) is 0 Å². The van der Waals surface area contributed by atoms with Gasteiger partial charge in [0.05, 0.1) is 5.69 Å². The van der Waals surface area contributed by atoms with Gasteiger partial charge in [-0.3, -0.25) is 4.55 Å². The van der Waals surface area contributed by atoms with Crippen LogP contribution in [0.2, 0.25) is 0 Å². The first-order chi connectivity index (χ1) is 6.50. The summed E-state index contributed by atoms with van der Waals surface area (Å²) < 4.78 is 31.3. The van der Waals surface area contributed by atoms with Gasteiger partial charge in [-0.15, -0.1) is 12.6 Å². The Morgan fingerprint density at radius 1 is 1.43 bits per heavy atom. The average molecular weight is 249 g/mol. The zero-order valence-electron chi connectivity index (χ0n) is 6.86. The number of hydrogen-bond acceptors (Lipinski definition) is 4. The minimum Gasteiger partial charge on any atom is -0.269 e. The predicted molar refractivity (Wildman–Crippen MR) is 59.1 cm³/mol. The quantitative estimate of drug-likeness (QED) is 0.586. The van der Waals surface area contributed by atoms with Gasteiger partial charge in [0.1, 0.15) is 4.71 Å². The van der Waals surface area contributed by atoms with E-state index < -0.39 is 15.0 Å². The van der Waals surface area contributed by atoms with E-state index in [0.29, 0.717) is 5.69 Å². The molecule has 0 aromatic heterocycles. The molecule has 0 amide bonds. The van der Waals surface area contributed by atoms with Gasteiger partial charge in [0, 0.05) is 4.90 Å². The average Bonchev–Trinajstić information content (AvgIpc) is 2.38. The third-order valence-electron chi connectivity index (χ3n) is 1.78. The minimum absolute atomic E-state index is 0.472. The number of rotatable bonds is 1. The van der Waals surface area contributed by atoms with Gasteiger partial charge in [0.15, 0.2) is 0 Å². The Labute approximate surface area is 91.6 Å². The van der Waals surface area contributed by atoms with Crippen molar-refractivity contribution in [1.29, 1.82) is 0 Å². The lowest BCUT2D eigenvalue weighted by atomic mass is 10.3. The van der Waals surface area contributed by atoms with Crippen molar-refractivity contribution in [1.82, 2.24) is 0 Å². The summed E-state index contributed by atoms with van der Waals surface area (Å²) in [5.41, 5.74) is 0.472. The SMILES string of the molecule is O=S(=O)(O)N1c2ccccc2SC1S. The molecule has 1 atom stereocenters. The van der Waals surface area contributed by atoms with E-state index >= 15 is 0 Å². The highest BCUT2D eigenvalue weighted by Gasteiger charge is 2.34. The lowest BCUT2D eigenvalue weighted by Crippen LogP contribution is -2.31. The molecular weight excluding hydrogens is 242 g/mol. The van der Waals surface area contributed by atoms with E-state index in [1.165, 1.54) is 11.8 Å². The van der Waals surface area contributed by atoms with Crippen LogP contribution in [-0.4, -0.2) is 17.7 Å². The number of para-hydroxylation sites is 1. The molecule has 1 unspecified atom stereocenters. The third-order valence-corrected chi connectivity index (χ3v) is 4.55. The smallest absolute Gasteiger partial charge is 0.269 e. The summed E-state index contributed by atoms with van der Waals surface area (Å²) in [5, 5.41) is 0. The summed E-state index contributed by atoms with van der Waals surface area (Å²) in [7, 11) is -4.23. The molecule has 1 heterocycles. The molecule has 1 aliphatic rings. The van der Waals surface area contributed by atoms with E-state index in [-0.39, 0.29) is 0 Å². The van der Waals surface area contributed by atoms with Crippen molar-refractivity contribution in [3.63, 3.8) is 0 Å². The van der Waals surface area contributed by atoms with Crippen LogP contribution in [0.25, 0.3) is 0 Å². The topological polar surface area (TPSA) is 57.6 Å². The number of hydrogen-bond donors (Lipinski definition) is 2. The number of nitrogens with zero attached hydrogens (tertiary/aromatic N) is 1. The highest BCUT2D eigenvalue weighted by molar-refractivity contribution is 8.12. The summed E-state index contributed by atoms with van der Waals surface area (Å²) in [6.07, 6.45) is 0. The Bertz CT molecular complexity index is 459. The van der Waals surface area contributed by atoms with Gasteiger partial charge < -0.3 is 0 Å². The van der Waals surface area contributed by atoms with E-state index in [4.69, 9.17) is 4.55 Å². The van der Waals surface area contributed by atoms with E-state index in [1.807, 2.05) is 0 Å². The monoisotopic (exact) mass is 249 g/mol. The normalized spacial score (nSPS) is 21.0. The minimum atomic E-state index is -4.23.